The molecular weight excluding hydrogens is 324 g/mol. The zero-order valence-corrected chi connectivity index (χ0v) is 15.0. The van der Waals surface area contributed by atoms with Crippen LogP contribution in [-0.4, -0.2) is 17.9 Å². The molecule has 3 N–H and O–H groups in total. The quantitative estimate of drug-likeness (QED) is 0.744. The van der Waals surface area contributed by atoms with E-state index in [-0.39, 0.29) is 5.91 Å². The van der Waals surface area contributed by atoms with Crippen molar-refractivity contribution in [2.75, 3.05) is 0 Å². The van der Waals surface area contributed by atoms with E-state index in [0.717, 1.165) is 27.5 Å². The molecule has 3 aromatic carbocycles. The van der Waals surface area contributed by atoms with Gasteiger partial charge in [0.2, 0.25) is 5.91 Å². The van der Waals surface area contributed by atoms with Crippen LogP contribution < -0.4 is 11.1 Å². The van der Waals surface area contributed by atoms with Crippen LogP contribution in [0.3, 0.4) is 0 Å². The predicted octanol–water partition coefficient (Wildman–Crippen LogP) is 3.28. The summed E-state index contributed by atoms with van der Waals surface area (Å²) in [7, 11) is 0. The van der Waals surface area contributed by atoms with E-state index in [1.165, 1.54) is 0 Å². The zero-order chi connectivity index (χ0) is 18.7. The van der Waals surface area contributed by atoms with Crippen LogP contribution in [0, 0.1) is 13.8 Å². The van der Waals surface area contributed by atoms with Crippen molar-refractivity contribution in [2.45, 2.75) is 26.3 Å². The average Bonchev–Trinajstić information content (AvgIpc) is 2.60. The highest BCUT2D eigenvalue weighted by molar-refractivity contribution is 5.98. The summed E-state index contributed by atoms with van der Waals surface area (Å²) in [5.41, 5.74) is 9.07. The first-order valence-corrected chi connectivity index (χ1v) is 8.59. The topological polar surface area (TPSA) is 72.2 Å². The lowest BCUT2D eigenvalue weighted by molar-refractivity contribution is -0.119. The van der Waals surface area contributed by atoms with Gasteiger partial charge in [0.1, 0.15) is 6.04 Å². The lowest BCUT2D eigenvalue weighted by Gasteiger charge is -2.17. The van der Waals surface area contributed by atoms with Crippen LogP contribution in [0.25, 0.3) is 10.8 Å². The molecule has 0 radical (unpaired) electrons. The SMILES string of the molecule is Cc1cc(C)cc(C(=O)N[C@H](Cc2cccc3ccccc23)C(N)=O)c1. The molecule has 2 amide bonds. The Morgan fingerprint density at radius 2 is 1.62 bits per heavy atom. The molecular formula is C22H22N2O2. The Hall–Kier alpha value is -3.14. The van der Waals surface area contributed by atoms with Crippen LogP contribution in [-0.2, 0) is 11.2 Å². The monoisotopic (exact) mass is 346 g/mol. The molecule has 0 aromatic heterocycles. The molecule has 4 heteroatoms. The highest BCUT2D eigenvalue weighted by Gasteiger charge is 2.20. The van der Waals surface area contributed by atoms with Gasteiger partial charge in [0.25, 0.3) is 5.91 Å². The molecule has 0 aliphatic carbocycles. The van der Waals surface area contributed by atoms with Crippen molar-refractivity contribution in [3.05, 3.63) is 82.9 Å². The number of aryl methyl sites for hydroxylation is 2. The average molecular weight is 346 g/mol. The van der Waals surface area contributed by atoms with E-state index in [9.17, 15) is 9.59 Å². The number of fused-ring (bicyclic) bond motifs is 1. The third-order valence-electron chi connectivity index (χ3n) is 4.44. The zero-order valence-electron chi connectivity index (χ0n) is 15.0. The fraction of sp³-hybridized carbons (Fsp3) is 0.182. The van der Waals surface area contributed by atoms with Crippen LogP contribution in [0.15, 0.2) is 60.7 Å². The van der Waals surface area contributed by atoms with E-state index in [0.29, 0.717) is 12.0 Å². The summed E-state index contributed by atoms with van der Waals surface area (Å²) >= 11 is 0. The van der Waals surface area contributed by atoms with Crippen LogP contribution in [0.5, 0.6) is 0 Å². The van der Waals surface area contributed by atoms with Crippen molar-refractivity contribution in [1.82, 2.24) is 5.32 Å². The predicted molar refractivity (Wildman–Crippen MR) is 104 cm³/mol. The Bertz CT molecular complexity index is 953. The lowest BCUT2D eigenvalue weighted by atomic mass is 9.98. The molecule has 3 aromatic rings. The van der Waals surface area contributed by atoms with Gasteiger partial charge in [-0.1, -0.05) is 59.7 Å². The van der Waals surface area contributed by atoms with Crippen LogP contribution in [0.2, 0.25) is 0 Å². The summed E-state index contributed by atoms with van der Waals surface area (Å²) < 4.78 is 0. The number of carbonyl (C=O) groups is 2. The number of rotatable bonds is 5. The maximum Gasteiger partial charge on any atom is 0.251 e. The van der Waals surface area contributed by atoms with Crippen LogP contribution >= 0.6 is 0 Å². The van der Waals surface area contributed by atoms with Gasteiger partial charge >= 0.3 is 0 Å². The molecule has 0 saturated heterocycles. The second-order valence-electron chi connectivity index (χ2n) is 6.65. The first kappa shape index (κ1) is 17.7. The van der Waals surface area contributed by atoms with Gasteiger partial charge in [-0.15, -0.1) is 0 Å². The van der Waals surface area contributed by atoms with Gasteiger partial charge in [-0.25, -0.2) is 0 Å². The van der Waals surface area contributed by atoms with E-state index in [1.807, 2.05) is 62.4 Å². The largest absolute Gasteiger partial charge is 0.368 e. The molecule has 0 aliphatic heterocycles. The molecule has 1 atom stereocenters. The van der Waals surface area contributed by atoms with Gasteiger partial charge in [0, 0.05) is 12.0 Å². The van der Waals surface area contributed by atoms with Gasteiger partial charge < -0.3 is 11.1 Å². The van der Waals surface area contributed by atoms with Gasteiger partial charge in [-0.3, -0.25) is 9.59 Å². The van der Waals surface area contributed by atoms with Crippen molar-refractivity contribution in [1.29, 1.82) is 0 Å². The van der Waals surface area contributed by atoms with Gasteiger partial charge in [-0.05, 0) is 42.3 Å². The maximum absolute atomic E-state index is 12.6. The number of benzene rings is 3. The fourth-order valence-corrected chi connectivity index (χ4v) is 3.26. The Labute approximate surface area is 153 Å². The number of hydrogen-bond donors (Lipinski definition) is 2. The maximum atomic E-state index is 12.6. The highest BCUT2D eigenvalue weighted by Crippen LogP contribution is 2.20. The smallest absolute Gasteiger partial charge is 0.251 e. The summed E-state index contributed by atoms with van der Waals surface area (Å²) in [5, 5.41) is 4.94. The normalized spacial score (nSPS) is 11.9. The minimum absolute atomic E-state index is 0.291. The lowest BCUT2D eigenvalue weighted by Crippen LogP contribution is -2.45. The molecule has 0 bridgehead atoms. The van der Waals surface area contributed by atoms with E-state index >= 15 is 0 Å². The van der Waals surface area contributed by atoms with Crippen molar-refractivity contribution in [2.24, 2.45) is 5.73 Å². The van der Waals surface area contributed by atoms with Crippen molar-refractivity contribution in [3.63, 3.8) is 0 Å². The number of nitrogens with two attached hydrogens (primary N) is 1. The molecule has 132 valence electrons. The Kier molecular flexibility index (Phi) is 5.03. The molecule has 26 heavy (non-hydrogen) atoms. The first-order valence-electron chi connectivity index (χ1n) is 8.59. The van der Waals surface area contributed by atoms with E-state index in [1.54, 1.807) is 12.1 Å². The molecule has 0 unspecified atom stereocenters. The van der Waals surface area contributed by atoms with Crippen LogP contribution in [0.1, 0.15) is 27.0 Å². The molecule has 0 heterocycles. The second-order valence-corrected chi connectivity index (χ2v) is 6.65. The summed E-state index contributed by atoms with van der Waals surface area (Å²) in [6.07, 6.45) is 0.354. The van der Waals surface area contributed by atoms with Crippen molar-refractivity contribution >= 4 is 22.6 Å². The third-order valence-corrected chi connectivity index (χ3v) is 4.44. The van der Waals surface area contributed by atoms with Crippen LogP contribution in [0.4, 0.5) is 0 Å². The third kappa shape index (κ3) is 3.91. The molecule has 3 rings (SSSR count). The van der Waals surface area contributed by atoms with Crippen molar-refractivity contribution in [3.8, 4) is 0 Å². The number of nitrogens with one attached hydrogen (secondary N) is 1. The second kappa shape index (κ2) is 7.40. The molecule has 0 spiro atoms. The molecule has 0 fully saturated rings. The summed E-state index contributed by atoms with van der Waals surface area (Å²) in [6.45, 7) is 3.87. The molecule has 0 aliphatic rings. The minimum atomic E-state index is -0.769. The number of amides is 2. The van der Waals surface area contributed by atoms with E-state index in [2.05, 4.69) is 5.32 Å². The van der Waals surface area contributed by atoms with E-state index < -0.39 is 11.9 Å². The summed E-state index contributed by atoms with van der Waals surface area (Å²) in [6, 6.07) is 18.7. The standard InChI is InChI=1S/C22H22N2O2/c1-14-10-15(2)12-18(11-14)22(26)24-20(21(23)25)13-17-8-5-7-16-6-3-4-9-19(16)17/h3-12,20H,13H2,1-2H3,(H2,23,25)(H,24,26)/t20-/m1/s1. The fourth-order valence-electron chi connectivity index (χ4n) is 3.26. The number of hydrogen-bond acceptors (Lipinski definition) is 2. The van der Waals surface area contributed by atoms with Gasteiger partial charge in [0.05, 0.1) is 0 Å². The van der Waals surface area contributed by atoms with Gasteiger partial charge in [0.15, 0.2) is 0 Å². The molecule has 4 nitrogen and oxygen atoms in total. The Morgan fingerprint density at radius 1 is 0.962 bits per heavy atom. The Balaban J connectivity index is 1.85. The summed E-state index contributed by atoms with van der Waals surface area (Å²) in [5.74, 6) is -0.837. The number of primary amides is 1. The number of carbonyl (C=O) groups excluding carboxylic acids is 2. The molecule has 0 saturated carbocycles. The Morgan fingerprint density at radius 3 is 2.31 bits per heavy atom. The van der Waals surface area contributed by atoms with E-state index in [4.69, 9.17) is 5.73 Å². The minimum Gasteiger partial charge on any atom is -0.368 e. The van der Waals surface area contributed by atoms with Crippen molar-refractivity contribution < 1.29 is 9.59 Å². The van der Waals surface area contributed by atoms with Gasteiger partial charge in [-0.2, -0.15) is 0 Å². The first-order chi connectivity index (χ1) is 12.4. The highest BCUT2D eigenvalue weighted by atomic mass is 16.2. The summed E-state index contributed by atoms with van der Waals surface area (Å²) in [4.78, 5) is 24.5.